The van der Waals surface area contributed by atoms with E-state index < -0.39 is 0 Å². The Balaban J connectivity index is 2.46. The van der Waals surface area contributed by atoms with Crippen LogP contribution in [0.25, 0.3) is 0 Å². The standard InChI is InChI=1S/C13H19NO3/c1-3-16-13(15)10(2)9-17-12-6-4-5-11(7-12)8-14/h4-7,10H,3,8-9,14H2,1-2H3. The third-order valence-corrected chi connectivity index (χ3v) is 2.32. The van der Waals surface area contributed by atoms with Crippen molar-refractivity contribution in [3.05, 3.63) is 29.8 Å². The number of carbonyl (C=O) groups excluding carboxylic acids is 1. The van der Waals surface area contributed by atoms with Gasteiger partial charge in [0.1, 0.15) is 12.4 Å². The molecule has 0 saturated heterocycles. The number of hydrogen-bond donors (Lipinski definition) is 1. The van der Waals surface area contributed by atoms with Gasteiger partial charge in [-0.3, -0.25) is 4.79 Å². The first-order chi connectivity index (χ1) is 8.17. The van der Waals surface area contributed by atoms with Crippen LogP contribution in [0.15, 0.2) is 24.3 Å². The Hall–Kier alpha value is -1.55. The summed E-state index contributed by atoms with van der Waals surface area (Å²) in [6, 6.07) is 7.53. The van der Waals surface area contributed by atoms with E-state index in [4.69, 9.17) is 15.2 Å². The molecule has 0 radical (unpaired) electrons. The first-order valence-electron chi connectivity index (χ1n) is 5.75. The molecule has 1 unspecified atom stereocenters. The SMILES string of the molecule is CCOC(=O)C(C)COc1cccc(CN)c1. The molecular formula is C13H19NO3. The van der Waals surface area contributed by atoms with E-state index in [0.717, 1.165) is 11.3 Å². The van der Waals surface area contributed by atoms with Crippen LogP contribution in [0.2, 0.25) is 0 Å². The summed E-state index contributed by atoms with van der Waals surface area (Å²) in [5, 5.41) is 0. The van der Waals surface area contributed by atoms with Crippen molar-refractivity contribution in [1.29, 1.82) is 0 Å². The summed E-state index contributed by atoms with van der Waals surface area (Å²) in [5.74, 6) is 0.225. The summed E-state index contributed by atoms with van der Waals surface area (Å²) in [4.78, 5) is 11.4. The van der Waals surface area contributed by atoms with E-state index in [1.54, 1.807) is 13.8 Å². The fourth-order valence-corrected chi connectivity index (χ4v) is 1.34. The molecule has 0 amide bonds. The number of hydrogen-bond acceptors (Lipinski definition) is 4. The second-order valence-corrected chi connectivity index (χ2v) is 3.82. The van der Waals surface area contributed by atoms with Crippen LogP contribution in [-0.2, 0) is 16.1 Å². The molecule has 0 aliphatic rings. The van der Waals surface area contributed by atoms with Gasteiger partial charge >= 0.3 is 5.97 Å². The van der Waals surface area contributed by atoms with Crippen LogP contribution in [0.1, 0.15) is 19.4 Å². The van der Waals surface area contributed by atoms with Crippen molar-refractivity contribution in [2.75, 3.05) is 13.2 Å². The van der Waals surface area contributed by atoms with Crippen molar-refractivity contribution in [1.82, 2.24) is 0 Å². The molecule has 1 aromatic rings. The van der Waals surface area contributed by atoms with Gasteiger partial charge in [0.15, 0.2) is 0 Å². The minimum atomic E-state index is -0.267. The van der Waals surface area contributed by atoms with Gasteiger partial charge in [0.05, 0.1) is 12.5 Å². The topological polar surface area (TPSA) is 61.5 Å². The van der Waals surface area contributed by atoms with Crippen molar-refractivity contribution in [2.45, 2.75) is 20.4 Å². The number of rotatable bonds is 6. The van der Waals surface area contributed by atoms with Gasteiger partial charge in [-0.15, -0.1) is 0 Å². The molecule has 0 fully saturated rings. The fraction of sp³-hybridized carbons (Fsp3) is 0.462. The second-order valence-electron chi connectivity index (χ2n) is 3.82. The molecule has 0 heterocycles. The zero-order chi connectivity index (χ0) is 12.7. The number of esters is 1. The van der Waals surface area contributed by atoms with Crippen molar-refractivity contribution in [3.63, 3.8) is 0 Å². The van der Waals surface area contributed by atoms with Crippen molar-refractivity contribution >= 4 is 5.97 Å². The Kier molecular flexibility index (Phi) is 5.49. The quantitative estimate of drug-likeness (QED) is 0.765. The maximum atomic E-state index is 11.4. The zero-order valence-electron chi connectivity index (χ0n) is 10.3. The highest BCUT2D eigenvalue weighted by Gasteiger charge is 2.14. The molecule has 2 N–H and O–H groups in total. The summed E-state index contributed by atoms with van der Waals surface area (Å²) < 4.78 is 10.4. The highest BCUT2D eigenvalue weighted by atomic mass is 16.5. The number of carbonyl (C=O) groups is 1. The second kappa shape index (κ2) is 6.91. The molecule has 0 aromatic heterocycles. The fourth-order valence-electron chi connectivity index (χ4n) is 1.34. The third-order valence-electron chi connectivity index (χ3n) is 2.32. The predicted octanol–water partition coefficient (Wildman–Crippen LogP) is 1.72. The molecule has 1 rings (SSSR count). The Morgan fingerprint density at radius 1 is 1.47 bits per heavy atom. The largest absolute Gasteiger partial charge is 0.493 e. The lowest BCUT2D eigenvalue weighted by Gasteiger charge is -2.12. The number of benzene rings is 1. The lowest BCUT2D eigenvalue weighted by Crippen LogP contribution is -2.21. The molecule has 1 aromatic carbocycles. The molecule has 0 saturated carbocycles. The average Bonchev–Trinajstić information content (AvgIpc) is 2.36. The van der Waals surface area contributed by atoms with Crippen molar-refractivity contribution < 1.29 is 14.3 Å². The monoisotopic (exact) mass is 237 g/mol. The minimum absolute atomic E-state index is 0.234. The molecular weight excluding hydrogens is 218 g/mol. The van der Waals surface area contributed by atoms with Crippen LogP contribution in [-0.4, -0.2) is 19.2 Å². The van der Waals surface area contributed by atoms with Crippen molar-refractivity contribution in [2.24, 2.45) is 11.7 Å². The summed E-state index contributed by atoms with van der Waals surface area (Å²) in [6.45, 7) is 4.75. The number of nitrogens with two attached hydrogens (primary N) is 1. The summed E-state index contributed by atoms with van der Waals surface area (Å²) in [7, 11) is 0. The lowest BCUT2D eigenvalue weighted by molar-refractivity contribution is -0.148. The van der Waals surface area contributed by atoms with Gasteiger partial charge in [0.2, 0.25) is 0 Å². The van der Waals surface area contributed by atoms with E-state index in [9.17, 15) is 4.79 Å². The molecule has 0 bridgehead atoms. The van der Waals surface area contributed by atoms with E-state index in [0.29, 0.717) is 19.8 Å². The van der Waals surface area contributed by atoms with Crippen LogP contribution >= 0.6 is 0 Å². The average molecular weight is 237 g/mol. The van der Waals surface area contributed by atoms with Gasteiger partial charge < -0.3 is 15.2 Å². The highest BCUT2D eigenvalue weighted by molar-refractivity contribution is 5.72. The first kappa shape index (κ1) is 13.5. The molecule has 4 nitrogen and oxygen atoms in total. The van der Waals surface area contributed by atoms with Gasteiger partial charge in [0.25, 0.3) is 0 Å². The van der Waals surface area contributed by atoms with E-state index in [1.165, 1.54) is 0 Å². The van der Waals surface area contributed by atoms with E-state index in [2.05, 4.69) is 0 Å². The lowest BCUT2D eigenvalue weighted by atomic mass is 10.2. The van der Waals surface area contributed by atoms with Gasteiger partial charge in [-0.1, -0.05) is 12.1 Å². The van der Waals surface area contributed by atoms with Crippen LogP contribution in [0.5, 0.6) is 5.75 Å². The maximum Gasteiger partial charge on any atom is 0.312 e. The Morgan fingerprint density at radius 3 is 2.88 bits per heavy atom. The van der Waals surface area contributed by atoms with Crippen LogP contribution < -0.4 is 10.5 Å². The van der Waals surface area contributed by atoms with Gasteiger partial charge in [-0.25, -0.2) is 0 Å². The van der Waals surface area contributed by atoms with Crippen LogP contribution in [0.3, 0.4) is 0 Å². The highest BCUT2D eigenvalue weighted by Crippen LogP contribution is 2.14. The smallest absolute Gasteiger partial charge is 0.312 e. The van der Waals surface area contributed by atoms with E-state index in [-0.39, 0.29) is 11.9 Å². The summed E-state index contributed by atoms with van der Waals surface area (Å²) in [6.07, 6.45) is 0. The Bertz CT molecular complexity index is 365. The maximum absolute atomic E-state index is 11.4. The normalized spacial score (nSPS) is 11.9. The molecule has 94 valence electrons. The Labute approximate surface area is 102 Å². The minimum Gasteiger partial charge on any atom is -0.493 e. The zero-order valence-corrected chi connectivity index (χ0v) is 10.3. The van der Waals surface area contributed by atoms with Crippen molar-refractivity contribution in [3.8, 4) is 5.75 Å². The van der Waals surface area contributed by atoms with Gasteiger partial charge in [-0.05, 0) is 31.5 Å². The third kappa shape index (κ3) is 4.44. The predicted molar refractivity (Wildman–Crippen MR) is 65.6 cm³/mol. The molecule has 0 spiro atoms. The van der Waals surface area contributed by atoms with E-state index in [1.807, 2.05) is 24.3 Å². The van der Waals surface area contributed by atoms with Crippen LogP contribution in [0.4, 0.5) is 0 Å². The molecule has 0 aliphatic carbocycles. The molecule has 0 aliphatic heterocycles. The van der Waals surface area contributed by atoms with Crippen LogP contribution in [0, 0.1) is 5.92 Å². The summed E-state index contributed by atoms with van der Waals surface area (Å²) in [5.41, 5.74) is 6.54. The number of ether oxygens (including phenoxy) is 2. The summed E-state index contributed by atoms with van der Waals surface area (Å²) >= 11 is 0. The van der Waals surface area contributed by atoms with Gasteiger partial charge in [-0.2, -0.15) is 0 Å². The van der Waals surface area contributed by atoms with E-state index >= 15 is 0 Å². The molecule has 4 heteroatoms. The molecule has 1 atom stereocenters. The van der Waals surface area contributed by atoms with Gasteiger partial charge in [0, 0.05) is 6.54 Å². The molecule has 17 heavy (non-hydrogen) atoms. The first-order valence-corrected chi connectivity index (χ1v) is 5.75. The Morgan fingerprint density at radius 2 is 2.24 bits per heavy atom.